The number of benzene rings is 2. The lowest BCUT2D eigenvalue weighted by Gasteiger charge is -2.12. The maximum absolute atomic E-state index is 12.6. The monoisotopic (exact) mass is 384 g/mol. The van der Waals surface area contributed by atoms with Crippen LogP contribution in [0.1, 0.15) is 11.1 Å². The Labute approximate surface area is 141 Å². The first-order chi connectivity index (χ1) is 11.0. The van der Waals surface area contributed by atoms with E-state index in [1.807, 2.05) is 0 Å². The SMILES string of the molecule is Nc1cc(C(F)(F)F)ccc1SSc1ccc(C(F)(F)F)cc1N. The number of nitrogen functional groups attached to an aromatic ring is 2. The minimum Gasteiger partial charge on any atom is -0.398 e. The van der Waals surface area contributed by atoms with Crippen molar-refractivity contribution in [2.75, 3.05) is 11.5 Å². The molecule has 24 heavy (non-hydrogen) atoms. The van der Waals surface area contributed by atoms with Crippen molar-refractivity contribution in [2.45, 2.75) is 22.1 Å². The molecule has 0 saturated heterocycles. The Hall–Kier alpha value is -1.68. The maximum atomic E-state index is 12.6. The number of anilines is 2. The zero-order chi connectivity index (χ0) is 18.1. The van der Waals surface area contributed by atoms with E-state index in [0.717, 1.165) is 45.9 Å². The van der Waals surface area contributed by atoms with Gasteiger partial charge in [0.15, 0.2) is 0 Å². The van der Waals surface area contributed by atoms with Crippen molar-refractivity contribution in [2.24, 2.45) is 0 Å². The molecule has 130 valence electrons. The third kappa shape index (κ3) is 4.44. The van der Waals surface area contributed by atoms with Gasteiger partial charge in [-0.3, -0.25) is 0 Å². The van der Waals surface area contributed by atoms with Crippen molar-refractivity contribution in [1.29, 1.82) is 0 Å². The Kier molecular flexibility index (Phi) is 5.19. The fraction of sp³-hybridized carbons (Fsp3) is 0.143. The summed E-state index contributed by atoms with van der Waals surface area (Å²) in [4.78, 5) is 0.708. The van der Waals surface area contributed by atoms with Gasteiger partial charge in [0.2, 0.25) is 0 Å². The summed E-state index contributed by atoms with van der Waals surface area (Å²) in [5.74, 6) is 0. The smallest absolute Gasteiger partial charge is 0.398 e. The fourth-order valence-corrected chi connectivity index (χ4v) is 3.88. The second-order valence-corrected chi connectivity index (χ2v) is 6.88. The molecule has 2 rings (SSSR count). The first-order valence-corrected chi connectivity index (χ1v) is 8.41. The van der Waals surface area contributed by atoms with Crippen LogP contribution in [0.25, 0.3) is 0 Å². The molecule has 0 spiro atoms. The number of hydrogen-bond acceptors (Lipinski definition) is 4. The van der Waals surface area contributed by atoms with Gasteiger partial charge in [-0.05, 0) is 36.4 Å². The van der Waals surface area contributed by atoms with Crippen molar-refractivity contribution >= 4 is 33.0 Å². The Morgan fingerprint density at radius 1 is 0.625 bits per heavy atom. The van der Waals surface area contributed by atoms with E-state index in [1.165, 1.54) is 12.1 Å². The largest absolute Gasteiger partial charge is 0.416 e. The topological polar surface area (TPSA) is 52.0 Å². The van der Waals surface area contributed by atoms with Gasteiger partial charge in [-0.25, -0.2) is 0 Å². The van der Waals surface area contributed by atoms with Crippen molar-refractivity contribution in [3.8, 4) is 0 Å². The Bertz CT molecular complexity index is 680. The van der Waals surface area contributed by atoms with Crippen LogP contribution in [0.3, 0.4) is 0 Å². The molecule has 2 aromatic carbocycles. The van der Waals surface area contributed by atoms with E-state index in [0.29, 0.717) is 9.79 Å². The van der Waals surface area contributed by atoms with Crippen LogP contribution in [0.15, 0.2) is 46.2 Å². The molecular weight excluding hydrogens is 374 g/mol. The lowest BCUT2D eigenvalue weighted by molar-refractivity contribution is -0.138. The summed E-state index contributed by atoms with van der Waals surface area (Å²) in [7, 11) is 2.02. The predicted molar refractivity (Wildman–Crippen MR) is 83.4 cm³/mol. The highest BCUT2D eigenvalue weighted by atomic mass is 33.1. The summed E-state index contributed by atoms with van der Waals surface area (Å²) in [6, 6.07) is 5.79. The molecule has 10 heteroatoms. The van der Waals surface area contributed by atoms with Crippen molar-refractivity contribution in [3.63, 3.8) is 0 Å². The Morgan fingerprint density at radius 3 is 1.21 bits per heavy atom. The number of rotatable bonds is 3. The molecule has 0 aromatic heterocycles. The van der Waals surface area contributed by atoms with Gasteiger partial charge in [-0.15, -0.1) is 0 Å². The first kappa shape index (κ1) is 18.7. The van der Waals surface area contributed by atoms with E-state index >= 15 is 0 Å². The molecule has 0 aliphatic rings. The predicted octanol–water partition coefficient (Wildman–Crippen LogP) is 5.69. The van der Waals surface area contributed by atoms with Crippen LogP contribution >= 0.6 is 21.6 Å². The molecule has 0 saturated carbocycles. The zero-order valence-electron chi connectivity index (χ0n) is 11.7. The molecule has 0 aliphatic heterocycles. The fourth-order valence-electron chi connectivity index (χ4n) is 1.69. The molecule has 0 bridgehead atoms. The van der Waals surface area contributed by atoms with Gasteiger partial charge in [-0.1, -0.05) is 21.6 Å². The lowest BCUT2D eigenvalue weighted by atomic mass is 10.2. The average Bonchev–Trinajstić information content (AvgIpc) is 2.45. The van der Waals surface area contributed by atoms with Crippen LogP contribution in [-0.4, -0.2) is 0 Å². The average molecular weight is 384 g/mol. The molecule has 2 aromatic rings. The second-order valence-electron chi connectivity index (χ2n) is 4.67. The molecule has 0 heterocycles. The summed E-state index contributed by atoms with van der Waals surface area (Å²) >= 11 is 0. The summed E-state index contributed by atoms with van der Waals surface area (Å²) in [6.45, 7) is 0. The van der Waals surface area contributed by atoms with E-state index < -0.39 is 23.5 Å². The molecule has 0 radical (unpaired) electrons. The maximum Gasteiger partial charge on any atom is 0.416 e. The highest BCUT2D eigenvalue weighted by Crippen LogP contribution is 2.44. The third-order valence-corrected chi connectivity index (χ3v) is 5.41. The van der Waals surface area contributed by atoms with Crippen LogP contribution in [0, 0.1) is 0 Å². The summed E-state index contributed by atoms with van der Waals surface area (Å²) in [6.07, 6.45) is -9.00. The van der Waals surface area contributed by atoms with Gasteiger partial charge >= 0.3 is 12.4 Å². The Morgan fingerprint density at radius 2 is 0.958 bits per heavy atom. The molecular formula is C14H10F6N2S2. The highest BCUT2D eigenvalue weighted by molar-refractivity contribution is 8.76. The summed E-state index contributed by atoms with van der Waals surface area (Å²) < 4.78 is 75.4. The normalized spacial score (nSPS) is 12.4. The van der Waals surface area contributed by atoms with Crippen LogP contribution in [0.4, 0.5) is 37.7 Å². The van der Waals surface area contributed by atoms with Gasteiger partial charge in [0.05, 0.1) is 11.1 Å². The highest BCUT2D eigenvalue weighted by Gasteiger charge is 2.31. The van der Waals surface area contributed by atoms with Gasteiger partial charge in [0.1, 0.15) is 0 Å². The van der Waals surface area contributed by atoms with Crippen molar-refractivity contribution in [3.05, 3.63) is 47.5 Å². The molecule has 0 aliphatic carbocycles. The zero-order valence-corrected chi connectivity index (χ0v) is 13.3. The molecule has 2 nitrogen and oxygen atoms in total. The second kappa shape index (κ2) is 6.67. The number of halogens is 6. The van der Waals surface area contributed by atoms with Crippen LogP contribution in [0.2, 0.25) is 0 Å². The van der Waals surface area contributed by atoms with E-state index in [-0.39, 0.29) is 11.4 Å². The first-order valence-electron chi connectivity index (χ1n) is 6.26. The number of hydrogen-bond donors (Lipinski definition) is 2. The molecule has 0 atom stereocenters. The van der Waals surface area contributed by atoms with E-state index in [4.69, 9.17) is 11.5 Å². The molecule has 0 fully saturated rings. The van der Waals surface area contributed by atoms with Gasteiger partial charge in [0, 0.05) is 21.2 Å². The minimum atomic E-state index is -4.50. The van der Waals surface area contributed by atoms with E-state index in [9.17, 15) is 26.3 Å². The van der Waals surface area contributed by atoms with Crippen LogP contribution in [0.5, 0.6) is 0 Å². The van der Waals surface area contributed by atoms with E-state index in [2.05, 4.69) is 0 Å². The number of nitrogens with two attached hydrogens (primary N) is 2. The summed E-state index contributed by atoms with van der Waals surface area (Å²) in [5.41, 5.74) is 9.28. The third-order valence-electron chi connectivity index (χ3n) is 2.90. The lowest BCUT2D eigenvalue weighted by Crippen LogP contribution is -2.06. The van der Waals surface area contributed by atoms with Gasteiger partial charge < -0.3 is 11.5 Å². The summed E-state index contributed by atoms with van der Waals surface area (Å²) in [5, 5.41) is 0. The van der Waals surface area contributed by atoms with Crippen molar-refractivity contribution in [1.82, 2.24) is 0 Å². The van der Waals surface area contributed by atoms with Gasteiger partial charge in [-0.2, -0.15) is 26.3 Å². The van der Waals surface area contributed by atoms with Crippen LogP contribution < -0.4 is 11.5 Å². The standard InChI is InChI=1S/C14H10F6N2S2/c15-13(16,17)7-1-3-11(9(21)5-7)23-24-12-4-2-8(6-10(12)22)14(18,19)20/h1-6H,21-22H2. The minimum absolute atomic E-state index is 0.0761. The molecule has 4 N–H and O–H groups in total. The van der Waals surface area contributed by atoms with Gasteiger partial charge in [0.25, 0.3) is 0 Å². The number of alkyl halides is 6. The molecule has 0 unspecified atom stereocenters. The van der Waals surface area contributed by atoms with E-state index in [1.54, 1.807) is 0 Å². The van der Waals surface area contributed by atoms with Crippen LogP contribution in [-0.2, 0) is 12.4 Å². The Balaban J connectivity index is 2.14. The quantitative estimate of drug-likeness (QED) is 0.406. The van der Waals surface area contributed by atoms with Crippen molar-refractivity contribution < 1.29 is 26.3 Å². The molecule has 0 amide bonds.